The molecule has 1 N–H and O–H groups in total. The Morgan fingerprint density at radius 2 is 2.15 bits per heavy atom. The quantitative estimate of drug-likeness (QED) is 0.911. The lowest BCUT2D eigenvalue weighted by Crippen LogP contribution is -2.13. The first-order valence-electron chi connectivity index (χ1n) is 6.59. The Kier molecular flexibility index (Phi) is 3.38. The summed E-state index contributed by atoms with van der Waals surface area (Å²) in [5, 5.41) is 6.08. The number of hydrogen-bond acceptors (Lipinski definition) is 4. The highest BCUT2D eigenvalue weighted by Gasteiger charge is 2.31. The molecule has 0 amide bonds. The van der Waals surface area contributed by atoms with Crippen LogP contribution in [0.5, 0.6) is 0 Å². The molecular weight excluding hydrogens is 290 g/mol. The number of aliphatic imine (C=N–C) groups is 1. The molecule has 3 heterocycles. The summed E-state index contributed by atoms with van der Waals surface area (Å²) >= 11 is 3.38. The summed E-state index contributed by atoms with van der Waals surface area (Å²) in [6.45, 7) is 8.20. The minimum Gasteiger partial charge on any atom is -0.268 e. The minimum atomic E-state index is -0.0183. The van der Waals surface area contributed by atoms with Crippen molar-refractivity contribution in [2.45, 2.75) is 39.0 Å². The highest BCUT2D eigenvalue weighted by atomic mass is 32.2. The Balaban J connectivity index is 2.23. The Labute approximate surface area is 125 Å². The molecule has 0 saturated heterocycles. The predicted octanol–water partition coefficient (Wildman–Crippen LogP) is 4.01. The number of H-pyrrole nitrogens is 1. The van der Waals surface area contributed by atoms with Crippen LogP contribution in [-0.4, -0.2) is 14.8 Å². The third-order valence-corrected chi connectivity index (χ3v) is 5.78. The first kappa shape index (κ1) is 13.7. The molecule has 2 aromatic heterocycles. The lowest BCUT2D eigenvalue weighted by molar-refractivity contribution is 0.533. The molecule has 0 unspecified atom stereocenters. The monoisotopic (exact) mass is 307 g/mol. The standard InChI is InChI=1S/C14H17N3OS2/c1-7(2)17-13-10(14(18)16-17)12(20-9(4)15-13)11-8(3)5-6-19-11/h5-7,12H,1-4H3,(H,16,18)/t12-/m0/s1. The van der Waals surface area contributed by atoms with Gasteiger partial charge < -0.3 is 0 Å². The van der Waals surface area contributed by atoms with E-state index in [0.717, 1.165) is 16.4 Å². The summed E-state index contributed by atoms with van der Waals surface area (Å²) in [5.41, 5.74) is 2.01. The summed E-state index contributed by atoms with van der Waals surface area (Å²) in [7, 11) is 0. The average molecular weight is 307 g/mol. The highest BCUT2D eigenvalue weighted by molar-refractivity contribution is 8.14. The van der Waals surface area contributed by atoms with E-state index in [-0.39, 0.29) is 16.9 Å². The molecular formula is C14H17N3OS2. The third kappa shape index (κ3) is 2.07. The minimum absolute atomic E-state index is 0.0183. The number of thioether (sulfide) groups is 1. The van der Waals surface area contributed by atoms with Gasteiger partial charge in [0.15, 0.2) is 5.82 Å². The number of aromatic nitrogens is 2. The predicted molar refractivity (Wildman–Crippen MR) is 86.7 cm³/mol. The largest absolute Gasteiger partial charge is 0.271 e. The number of nitrogens with zero attached hydrogens (tertiary/aromatic N) is 2. The van der Waals surface area contributed by atoms with Gasteiger partial charge in [-0.25, -0.2) is 4.99 Å². The van der Waals surface area contributed by atoms with Crippen LogP contribution in [-0.2, 0) is 0 Å². The van der Waals surface area contributed by atoms with Crippen molar-refractivity contribution in [3.8, 4) is 0 Å². The summed E-state index contributed by atoms with van der Waals surface area (Å²) in [5.74, 6) is 0.791. The van der Waals surface area contributed by atoms with Gasteiger partial charge in [0, 0.05) is 10.9 Å². The molecule has 106 valence electrons. The van der Waals surface area contributed by atoms with Crippen molar-refractivity contribution >= 4 is 34.0 Å². The second-order valence-corrected chi connectivity index (χ2v) is 7.48. The van der Waals surface area contributed by atoms with Crippen LogP contribution in [0.4, 0.5) is 5.82 Å². The van der Waals surface area contributed by atoms with E-state index in [1.54, 1.807) is 23.1 Å². The van der Waals surface area contributed by atoms with Crippen LogP contribution >= 0.6 is 23.1 Å². The molecule has 0 saturated carbocycles. The summed E-state index contributed by atoms with van der Waals surface area (Å²) in [6.07, 6.45) is 0. The molecule has 20 heavy (non-hydrogen) atoms. The maximum absolute atomic E-state index is 12.4. The summed E-state index contributed by atoms with van der Waals surface area (Å²) < 4.78 is 1.87. The van der Waals surface area contributed by atoms with Gasteiger partial charge in [-0.15, -0.1) is 11.3 Å². The lowest BCUT2D eigenvalue weighted by Gasteiger charge is -2.21. The van der Waals surface area contributed by atoms with Crippen molar-refractivity contribution < 1.29 is 0 Å². The van der Waals surface area contributed by atoms with Crippen molar-refractivity contribution in [1.82, 2.24) is 9.78 Å². The number of fused-ring (bicyclic) bond motifs is 1. The molecule has 0 fully saturated rings. The zero-order chi connectivity index (χ0) is 14.4. The molecule has 6 heteroatoms. The van der Waals surface area contributed by atoms with E-state index in [9.17, 15) is 4.79 Å². The Hall–Kier alpha value is -1.27. The SMILES string of the molecule is CC1=Nc2c(c(=O)[nH]n2C(C)C)[C@@H](c2sccc2C)S1. The molecule has 0 bridgehead atoms. The third-order valence-electron chi connectivity index (χ3n) is 3.41. The Morgan fingerprint density at radius 1 is 1.40 bits per heavy atom. The van der Waals surface area contributed by atoms with E-state index in [2.05, 4.69) is 28.5 Å². The van der Waals surface area contributed by atoms with Crippen LogP contribution < -0.4 is 5.56 Å². The fourth-order valence-electron chi connectivity index (χ4n) is 2.42. The number of thiophene rings is 1. The van der Waals surface area contributed by atoms with Crippen LogP contribution in [0.15, 0.2) is 21.2 Å². The van der Waals surface area contributed by atoms with Gasteiger partial charge in [0.25, 0.3) is 5.56 Å². The molecule has 0 spiro atoms. The number of aryl methyl sites for hydroxylation is 1. The normalized spacial score (nSPS) is 18.2. The first-order valence-corrected chi connectivity index (χ1v) is 8.35. The van der Waals surface area contributed by atoms with Crippen LogP contribution in [0.1, 0.15) is 48.1 Å². The first-order chi connectivity index (χ1) is 9.49. The van der Waals surface area contributed by atoms with Crippen LogP contribution in [0, 0.1) is 6.92 Å². The van der Waals surface area contributed by atoms with Crippen molar-refractivity contribution in [2.75, 3.05) is 0 Å². The number of nitrogens with one attached hydrogen (secondary N) is 1. The molecule has 0 radical (unpaired) electrons. The molecule has 4 nitrogen and oxygen atoms in total. The van der Waals surface area contributed by atoms with Crippen LogP contribution in [0.2, 0.25) is 0 Å². The van der Waals surface area contributed by atoms with Crippen LogP contribution in [0.25, 0.3) is 0 Å². The van der Waals surface area contributed by atoms with Crippen molar-refractivity contribution in [3.05, 3.63) is 37.8 Å². The van der Waals surface area contributed by atoms with Crippen molar-refractivity contribution in [1.29, 1.82) is 0 Å². The molecule has 2 aromatic rings. The second kappa shape index (κ2) is 4.93. The Bertz CT molecular complexity index is 736. The molecule has 3 rings (SSSR count). The van der Waals surface area contributed by atoms with E-state index >= 15 is 0 Å². The Morgan fingerprint density at radius 3 is 2.75 bits per heavy atom. The maximum Gasteiger partial charge on any atom is 0.271 e. The fourth-order valence-corrected chi connectivity index (χ4v) is 4.75. The lowest BCUT2D eigenvalue weighted by atomic mass is 10.1. The van der Waals surface area contributed by atoms with E-state index in [4.69, 9.17) is 0 Å². The van der Waals surface area contributed by atoms with Gasteiger partial charge in [-0.1, -0.05) is 11.8 Å². The summed E-state index contributed by atoms with van der Waals surface area (Å²) in [4.78, 5) is 18.2. The molecule has 1 atom stereocenters. The van der Waals surface area contributed by atoms with E-state index in [1.165, 1.54) is 10.4 Å². The highest BCUT2D eigenvalue weighted by Crippen LogP contribution is 2.46. The van der Waals surface area contributed by atoms with Gasteiger partial charge in [0.05, 0.1) is 15.9 Å². The topological polar surface area (TPSA) is 50.1 Å². The van der Waals surface area contributed by atoms with E-state index in [1.807, 2.05) is 25.5 Å². The van der Waals surface area contributed by atoms with Gasteiger partial charge >= 0.3 is 0 Å². The molecule has 0 aliphatic carbocycles. The number of aromatic amines is 1. The average Bonchev–Trinajstić information content (AvgIpc) is 2.93. The molecule has 1 aliphatic rings. The van der Waals surface area contributed by atoms with Gasteiger partial charge in [0.1, 0.15) is 0 Å². The smallest absolute Gasteiger partial charge is 0.268 e. The second-order valence-electron chi connectivity index (χ2n) is 5.24. The van der Waals surface area contributed by atoms with Crippen molar-refractivity contribution in [3.63, 3.8) is 0 Å². The van der Waals surface area contributed by atoms with E-state index in [0.29, 0.717) is 0 Å². The van der Waals surface area contributed by atoms with Crippen molar-refractivity contribution in [2.24, 2.45) is 4.99 Å². The number of rotatable bonds is 2. The van der Waals surface area contributed by atoms with E-state index < -0.39 is 0 Å². The van der Waals surface area contributed by atoms with Gasteiger partial charge in [0.2, 0.25) is 0 Å². The van der Waals surface area contributed by atoms with Gasteiger partial charge in [-0.05, 0) is 44.7 Å². The van der Waals surface area contributed by atoms with Crippen LogP contribution in [0.3, 0.4) is 0 Å². The van der Waals surface area contributed by atoms with Gasteiger partial charge in [-0.2, -0.15) is 0 Å². The van der Waals surface area contributed by atoms with Gasteiger partial charge in [-0.3, -0.25) is 14.6 Å². The molecule has 0 aromatic carbocycles. The molecule has 1 aliphatic heterocycles. The fraction of sp³-hybridized carbons (Fsp3) is 0.429. The maximum atomic E-state index is 12.4. The number of hydrogen-bond donors (Lipinski definition) is 1. The zero-order valence-electron chi connectivity index (χ0n) is 11.9. The summed E-state index contributed by atoms with van der Waals surface area (Å²) in [6, 6.07) is 2.30. The zero-order valence-corrected chi connectivity index (χ0v) is 13.6.